The van der Waals surface area contributed by atoms with Crippen LogP contribution in [0.15, 0.2) is 0 Å². The van der Waals surface area contributed by atoms with Crippen LogP contribution < -0.4 is 5.32 Å². The van der Waals surface area contributed by atoms with E-state index < -0.39 is 0 Å². The molecule has 3 heteroatoms. The van der Waals surface area contributed by atoms with Crippen LogP contribution in [0.5, 0.6) is 0 Å². The first-order valence-corrected chi connectivity index (χ1v) is 3.18. The Morgan fingerprint density at radius 3 is 2.67 bits per heavy atom. The third-order valence-corrected chi connectivity index (χ3v) is 1.57. The van der Waals surface area contributed by atoms with Gasteiger partial charge in [0.2, 0.25) is 0 Å². The summed E-state index contributed by atoms with van der Waals surface area (Å²) in [6.07, 6.45) is 2.49. The minimum atomic E-state index is 0. The highest BCUT2D eigenvalue weighted by molar-refractivity contribution is 5.85. The van der Waals surface area contributed by atoms with E-state index in [0.717, 1.165) is 13.2 Å². The van der Waals surface area contributed by atoms with Crippen LogP contribution in [0.3, 0.4) is 0 Å². The van der Waals surface area contributed by atoms with Crippen molar-refractivity contribution < 1.29 is 4.74 Å². The molecule has 0 amide bonds. The van der Waals surface area contributed by atoms with Gasteiger partial charge < -0.3 is 10.1 Å². The van der Waals surface area contributed by atoms with E-state index in [1.165, 1.54) is 12.8 Å². The third-order valence-electron chi connectivity index (χ3n) is 1.57. The topological polar surface area (TPSA) is 21.3 Å². The Kier molecular flexibility index (Phi) is 5.15. The van der Waals surface area contributed by atoms with Crippen LogP contribution in [0, 0.1) is 0 Å². The number of hydrogen-bond acceptors (Lipinski definition) is 2. The van der Waals surface area contributed by atoms with Crippen LogP contribution in [0.2, 0.25) is 0 Å². The first kappa shape index (κ1) is 9.21. The molecule has 0 bridgehead atoms. The van der Waals surface area contributed by atoms with Gasteiger partial charge in [0.25, 0.3) is 0 Å². The molecule has 0 aromatic heterocycles. The maximum Gasteiger partial charge on any atom is 0.0619 e. The summed E-state index contributed by atoms with van der Waals surface area (Å²) in [7, 11) is 1.99. The van der Waals surface area contributed by atoms with Crippen LogP contribution in [-0.2, 0) is 4.74 Å². The van der Waals surface area contributed by atoms with Crippen molar-refractivity contribution in [3.8, 4) is 0 Å². The Morgan fingerprint density at radius 2 is 2.33 bits per heavy atom. The van der Waals surface area contributed by atoms with E-state index >= 15 is 0 Å². The van der Waals surface area contributed by atoms with Crippen molar-refractivity contribution in [2.24, 2.45) is 0 Å². The predicted octanol–water partition coefficient (Wildman–Crippen LogP) is 0.807. The fraction of sp³-hybridized carbons (Fsp3) is 1.00. The summed E-state index contributed by atoms with van der Waals surface area (Å²) in [6.45, 7) is 1.86. The second-order valence-corrected chi connectivity index (χ2v) is 2.20. The summed E-state index contributed by atoms with van der Waals surface area (Å²) < 4.78 is 5.21. The van der Waals surface area contributed by atoms with Gasteiger partial charge in [-0.15, -0.1) is 12.4 Å². The number of likely N-dealkylation sites (N-methyl/N-ethyl adjacent to an activating group) is 1. The first-order chi connectivity index (χ1) is 3.93. The molecule has 1 rings (SSSR count). The summed E-state index contributed by atoms with van der Waals surface area (Å²) in [6, 6.07) is 0.615. The zero-order chi connectivity index (χ0) is 5.82. The van der Waals surface area contributed by atoms with Gasteiger partial charge >= 0.3 is 0 Å². The van der Waals surface area contributed by atoms with Crippen molar-refractivity contribution in [3.05, 3.63) is 0 Å². The second-order valence-electron chi connectivity index (χ2n) is 2.20. The van der Waals surface area contributed by atoms with Crippen molar-refractivity contribution in [2.75, 3.05) is 20.3 Å². The van der Waals surface area contributed by atoms with E-state index in [1.54, 1.807) is 0 Å². The molecule has 1 aliphatic rings. The Balaban J connectivity index is 0.000000640. The molecule has 1 N–H and O–H groups in total. The van der Waals surface area contributed by atoms with Crippen molar-refractivity contribution in [1.29, 1.82) is 0 Å². The fourth-order valence-corrected chi connectivity index (χ4v) is 0.968. The van der Waals surface area contributed by atoms with Gasteiger partial charge in [0.05, 0.1) is 6.61 Å². The van der Waals surface area contributed by atoms with Crippen LogP contribution in [-0.4, -0.2) is 26.3 Å². The molecule has 1 unspecified atom stereocenters. The molecule has 2 nitrogen and oxygen atoms in total. The van der Waals surface area contributed by atoms with E-state index in [9.17, 15) is 0 Å². The van der Waals surface area contributed by atoms with Gasteiger partial charge in [0, 0.05) is 12.6 Å². The smallest absolute Gasteiger partial charge is 0.0619 e. The van der Waals surface area contributed by atoms with Gasteiger partial charge in [0.1, 0.15) is 0 Å². The lowest BCUT2D eigenvalue weighted by Crippen LogP contribution is -2.33. The van der Waals surface area contributed by atoms with E-state index in [-0.39, 0.29) is 12.4 Å². The van der Waals surface area contributed by atoms with Crippen molar-refractivity contribution >= 4 is 12.4 Å². The lowest BCUT2D eigenvalue weighted by molar-refractivity contribution is 0.0730. The SMILES string of the molecule is CNC1CCCOC1.Cl. The summed E-state index contributed by atoms with van der Waals surface area (Å²) in [5.41, 5.74) is 0. The van der Waals surface area contributed by atoms with Gasteiger partial charge in [-0.2, -0.15) is 0 Å². The molecule has 0 aromatic rings. The molecule has 0 saturated carbocycles. The zero-order valence-electron chi connectivity index (χ0n) is 5.72. The highest BCUT2D eigenvalue weighted by Gasteiger charge is 2.09. The lowest BCUT2D eigenvalue weighted by atomic mass is 10.1. The van der Waals surface area contributed by atoms with E-state index in [4.69, 9.17) is 4.74 Å². The van der Waals surface area contributed by atoms with E-state index in [0.29, 0.717) is 6.04 Å². The van der Waals surface area contributed by atoms with Gasteiger partial charge in [-0.05, 0) is 19.9 Å². The third kappa shape index (κ3) is 3.04. The molecule has 0 spiro atoms. The van der Waals surface area contributed by atoms with Crippen LogP contribution in [0.1, 0.15) is 12.8 Å². The molecule has 0 aromatic carbocycles. The van der Waals surface area contributed by atoms with Crippen molar-refractivity contribution in [2.45, 2.75) is 18.9 Å². The monoisotopic (exact) mass is 151 g/mol. The van der Waals surface area contributed by atoms with Gasteiger partial charge in [-0.1, -0.05) is 0 Å². The maximum absolute atomic E-state index is 5.21. The lowest BCUT2D eigenvalue weighted by Gasteiger charge is -2.20. The Morgan fingerprint density at radius 1 is 1.56 bits per heavy atom. The number of ether oxygens (including phenoxy) is 1. The molecule has 1 fully saturated rings. The molecular weight excluding hydrogens is 138 g/mol. The predicted molar refractivity (Wildman–Crippen MR) is 40.1 cm³/mol. The Hall–Kier alpha value is 0.210. The van der Waals surface area contributed by atoms with Crippen LogP contribution >= 0.6 is 12.4 Å². The van der Waals surface area contributed by atoms with E-state index in [2.05, 4.69) is 5.32 Å². The van der Waals surface area contributed by atoms with Gasteiger partial charge in [-0.3, -0.25) is 0 Å². The minimum absolute atomic E-state index is 0. The van der Waals surface area contributed by atoms with Crippen molar-refractivity contribution in [1.82, 2.24) is 5.32 Å². The highest BCUT2D eigenvalue weighted by atomic mass is 35.5. The van der Waals surface area contributed by atoms with E-state index in [1.807, 2.05) is 7.05 Å². The quantitative estimate of drug-likeness (QED) is 0.599. The number of halogens is 1. The van der Waals surface area contributed by atoms with Crippen molar-refractivity contribution in [3.63, 3.8) is 0 Å². The van der Waals surface area contributed by atoms with Gasteiger partial charge in [-0.25, -0.2) is 0 Å². The summed E-state index contributed by atoms with van der Waals surface area (Å²) >= 11 is 0. The fourth-order valence-electron chi connectivity index (χ4n) is 0.968. The standard InChI is InChI=1S/C6H13NO.ClH/c1-7-6-3-2-4-8-5-6;/h6-7H,2-5H2,1H3;1H. The number of hydrogen-bond donors (Lipinski definition) is 1. The first-order valence-electron chi connectivity index (χ1n) is 3.18. The molecule has 0 radical (unpaired) electrons. The Labute approximate surface area is 62.4 Å². The molecule has 1 atom stereocenters. The molecule has 0 aliphatic carbocycles. The van der Waals surface area contributed by atoms with Gasteiger partial charge in [0.15, 0.2) is 0 Å². The maximum atomic E-state index is 5.21. The molecule has 9 heavy (non-hydrogen) atoms. The zero-order valence-corrected chi connectivity index (χ0v) is 6.54. The second kappa shape index (κ2) is 5.03. The molecule has 1 heterocycles. The summed E-state index contributed by atoms with van der Waals surface area (Å²) in [5, 5.41) is 3.18. The molecule has 56 valence electrons. The van der Waals surface area contributed by atoms with Crippen LogP contribution in [0.25, 0.3) is 0 Å². The average Bonchev–Trinajstić information content (AvgIpc) is 1.90. The largest absolute Gasteiger partial charge is 0.380 e. The Bertz CT molecular complexity index is 64.1. The molecule has 1 saturated heterocycles. The average molecular weight is 152 g/mol. The highest BCUT2D eigenvalue weighted by Crippen LogP contribution is 2.03. The molecular formula is C6H14ClNO. The minimum Gasteiger partial charge on any atom is -0.380 e. The number of rotatable bonds is 1. The summed E-state index contributed by atoms with van der Waals surface area (Å²) in [4.78, 5) is 0. The molecule has 1 aliphatic heterocycles. The normalized spacial score (nSPS) is 27.0. The summed E-state index contributed by atoms with van der Waals surface area (Å²) in [5.74, 6) is 0. The van der Waals surface area contributed by atoms with Crippen LogP contribution in [0.4, 0.5) is 0 Å². The number of nitrogens with one attached hydrogen (secondary N) is 1.